The number of allylic oxidation sites excluding steroid dienone is 1. The van der Waals surface area contributed by atoms with Crippen molar-refractivity contribution >= 4 is 7.26 Å². The van der Waals surface area contributed by atoms with Gasteiger partial charge in [0.05, 0.1) is 17.4 Å². The third kappa shape index (κ3) is 9.52. The SMILES string of the molecule is C=CC[P+](C)(C)Cc1ccccc1.O=[N+]([O-])[O-]. The molecule has 0 aliphatic rings. The lowest BCUT2D eigenvalue weighted by Crippen LogP contribution is -1.96. The number of benzene rings is 1. The molecule has 0 radical (unpaired) electrons. The van der Waals surface area contributed by atoms with Crippen LogP contribution in [0.1, 0.15) is 5.56 Å². The van der Waals surface area contributed by atoms with Gasteiger partial charge in [-0.1, -0.05) is 43.0 Å². The second-order valence-electron chi connectivity index (χ2n) is 4.27. The standard InChI is InChI=1S/C12H18P.NO3/c1-4-10-13(2,3)11-12-8-6-5-7-9-12;2-1(3)4/h4-9H,1,10-11H2,2-3H3;/q+1;-1. The van der Waals surface area contributed by atoms with Gasteiger partial charge in [0.2, 0.25) is 0 Å². The molecule has 1 rings (SSSR count). The van der Waals surface area contributed by atoms with Gasteiger partial charge in [-0.2, -0.15) is 0 Å². The summed E-state index contributed by atoms with van der Waals surface area (Å²) < 4.78 is 0. The Bertz CT molecular complexity index is 348. The maximum Gasteiger partial charge on any atom is 0.0840 e. The van der Waals surface area contributed by atoms with Gasteiger partial charge in [-0.15, -0.1) is 0 Å². The molecule has 94 valence electrons. The van der Waals surface area contributed by atoms with Gasteiger partial charge >= 0.3 is 0 Å². The zero-order chi connectivity index (χ0) is 13.3. The van der Waals surface area contributed by atoms with E-state index in [0.717, 1.165) is 0 Å². The lowest BCUT2D eigenvalue weighted by atomic mass is 10.2. The van der Waals surface area contributed by atoms with Gasteiger partial charge in [0.1, 0.15) is 0 Å². The van der Waals surface area contributed by atoms with Crippen molar-refractivity contribution in [1.29, 1.82) is 0 Å². The average molecular weight is 255 g/mol. The van der Waals surface area contributed by atoms with E-state index in [1.165, 1.54) is 17.9 Å². The molecule has 0 bridgehead atoms. The van der Waals surface area contributed by atoms with Crippen LogP contribution in [0.3, 0.4) is 0 Å². The first-order valence-corrected chi connectivity index (χ1v) is 8.21. The second-order valence-corrected chi connectivity index (χ2v) is 8.83. The maximum atomic E-state index is 8.25. The van der Waals surface area contributed by atoms with Gasteiger partial charge in [0, 0.05) is 20.6 Å². The summed E-state index contributed by atoms with van der Waals surface area (Å²) >= 11 is 0. The fourth-order valence-electron chi connectivity index (χ4n) is 1.49. The van der Waals surface area contributed by atoms with E-state index in [0.29, 0.717) is 0 Å². The minimum Gasteiger partial charge on any atom is -0.356 e. The normalized spacial score (nSPS) is 10.0. The zero-order valence-corrected chi connectivity index (χ0v) is 11.1. The highest BCUT2D eigenvalue weighted by Crippen LogP contribution is 2.54. The van der Waals surface area contributed by atoms with Crippen molar-refractivity contribution < 1.29 is 5.09 Å². The fourth-order valence-corrected chi connectivity index (χ4v) is 3.52. The summed E-state index contributed by atoms with van der Waals surface area (Å²) in [7, 11) is -0.782. The van der Waals surface area contributed by atoms with Crippen molar-refractivity contribution in [2.45, 2.75) is 6.16 Å². The molecule has 0 heterocycles. The quantitative estimate of drug-likeness (QED) is 0.358. The molecular weight excluding hydrogens is 237 g/mol. The molecule has 0 saturated carbocycles. The highest BCUT2D eigenvalue weighted by molar-refractivity contribution is 7.73. The number of hydrogen-bond acceptors (Lipinski definition) is 3. The molecule has 0 N–H and O–H groups in total. The molecule has 4 nitrogen and oxygen atoms in total. The van der Waals surface area contributed by atoms with Crippen LogP contribution < -0.4 is 0 Å². The van der Waals surface area contributed by atoms with Crippen LogP contribution in [0.15, 0.2) is 43.0 Å². The second kappa shape index (κ2) is 7.80. The molecule has 0 fully saturated rings. The summed E-state index contributed by atoms with van der Waals surface area (Å²) in [6, 6.07) is 10.7. The molecule has 1 aromatic carbocycles. The maximum absolute atomic E-state index is 8.25. The Morgan fingerprint density at radius 3 is 2.18 bits per heavy atom. The van der Waals surface area contributed by atoms with E-state index in [9.17, 15) is 0 Å². The van der Waals surface area contributed by atoms with Crippen molar-refractivity contribution in [1.82, 2.24) is 0 Å². The molecule has 17 heavy (non-hydrogen) atoms. The topological polar surface area (TPSA) is 66.2 Å². The van der Waals surface area contributed by atoms with Crippen molar-refractivity contribution in [2.24, 2.45) is 0 Å². The smallest absolute Gasteiger partial charge is 0.0840 e. The van der Waals surface area contributed by atoms with E-state index in [4.69, 9.17) is 15.3 Å². The summed E-state index contributed by atoms with van der Waals surface area (Å²) in [5, 5.41) is 14.8. The van der Waals surface area contributed by atoms with Crippen molar-refractivity contribution in [3.8, 4) is 0 Å². The van der Waals surface area contributed by atoms with E-state index >= 15 is 0 Å². The van der Waals surface area contributed by atoms with Gasteiger partial charge in [0.25, 0.3) is 0 Å². The summed E-state index contributed by atoms with van der Waals surface area (Å²) in [4.78, 5) is 8.25. The molecule has 0 aliphatic heterocycles. The van der Waals surface area contributed by atoms with Gasteiger partial charge in [0.15, 0.2) is 0 Å². The average Bonchev–Trinajstić information content (AvgIpc) is 2.17. The Hall–Kier alpha value is -1.41. The van der Waals surface area contributed by atoms with E-state index in [1.54, 1.807) is 0 Å². The van der Waals surface area contributed by atoms with Gasteiger partial charge in [-0.3, -0.25) is 0 Å². The molecule has 0 saturated heterocycles. The predicted octanol–water partition coefficient (Wildman–Crippen LogP) is 3.41. The first-order chi connectivity index (χ1) is 7.87. The third-order valence-electron chi connectivity index (χ3n) is 2.08. The summed E-state index contributed by atoms with van der Waals surface area (Å²) in [6.45, 7) is 8.60. The fraction of sp³-hybridized carbons (Fsp3) is 0.333. The largest absolute Gasteiger partial charge is 0.356 e. The molecule has 0 aliphatic carbocycles. The minimum atomic E-state index is -1.75. The van der Waals surface area contributed by atoms with E-state index in [1.807, 2.05) is 0 Å². The Balaban J connectivity index is 0.000000557. The Kier molecular flexibility index (Phi) is 7.15. The Morgan fingerprint density at radius 2 is 1.76 bits per heavy atom. The van der Waals surface area contributed by atoms with E-state index in [-0.39, 0.29) is 0 Å². The third-order valence-corrected chi connectivity index (χ3v) is 4.54. The van der Waals surface area contributed by atoms with Crippen molar-refractivity contribution in [3.05, 3.63) is 63.9 Å². The van der Waals surface area contributed by atoms with Crippen LogP contribution in [-0.2, 0) is 6.16 Å². The molecule has 0 atom stereocenters. The molecule has 1 aromatic rings. The van der Waals surface area contributed by atoms with Crippen LogP contribution in [-0.4, -0.2) is 24.6 Å². The lowest BCUT2D eigenvalue weighted by Gasteiger charge is -2.15. The summed E-state index contributed by atoms with van der Waals surface area (Å²) in [5.74, 6) is 0. The van der Waals surface area contributed by atoms with Crippen LogP contribution >= 0.6 is 7.26 Å². The monoisotopic (exact) mass is 255 g/mol. The number of nitrogens with zero attached hydrogens (tertiary/aromatic N) is 1. The summed E-state index contributed by atoms with van der Waals surface area (Å²) in [6.07, 6.45) is 4.47. The molecule has 0 amide bonds. The van der Waals surface area contributed by atoms with Crippen molar-refractivity contribution in [3.63, 3.8) is 0 Å². The van der Waals surface area contributed by atoms with Crippen LogP contribution in [0.25, 0.3) is 0 Å². The number of hydrogen-bond donors (Lipinski definition) is 0. The predicted molar refractivity (Wildman–Crippen MR) is 74.3 cm³/mol. The van der Waals surface area contributed by atoms with Crippen LogP contribution in [0.5, 0.6) is 0 Å². The highest BCUT2D eigenvalue weighted by atomic mass is 31.2. The minimum absolute atomic E-state index is 0.782. The van der Waals surface area contributed by atoms with Crippen molar-refractivity contribution in [2.75, 3.05) is 19.5 Å². The van der Waals surface area contributed by atoms with Gasteiger partial charge < -0.3 is 15.3 Å². The molecule has 0 aromatic heterocycles. The first kappa shape index (κ1) is 15.6. The molecule has 5 heteroatoms. The first-order valence-electron chi connectivity index (χ1n) is 5.16. The Labute approximate surface area is 102 Å². The van der Waals surface area contributed by atoms with Crippen LogP contribution in [0.4, 0.5) is 0 Å². The molecular formula is C12H18NO3P. The molecule has 0 spiro atoms. The Morgan fingerprint density at radius 1 is 1.29 bits per heavy atom. The van der Waals surface area contributed by atoms with Gasteiger partial charge in [-0.25, -0.2) is 0 Å². The summed E-state index contributed by atoms with van der Waals surface area (Å²) in [5.41, 5.74) is 1.46. The highest BCUT2D eigenvalue weighted by Gasteiger charge is 2.22. The van der Waals surface area contributed by atoms with Crippen LogP contribution in [0, 0.1) is 15.3 Å². The lowest BCUT2D eigenvalue weighted by molar-refractivity contribution is -0.402. The number of rotatable bonds is 4. The van der Waals surface area contributed by atoms with Gasteiger partial charge in [-0.05, 0) is 5.56 Å². The van der Waals surface area contributed by atoms with E-state index < -0.39 is 12.3 Å². The van der Waals surface area contributed by atoms with E-state index in [2.05, 4.69) is 56.3 Å². The zero-order valence-electron chi connectivity index (χ0n) is 10.2. The van der Waals surface area contributed by atoms with Crippen LogP contribution in [0.2, 0.25) is 0 Å². The molecule has 0 unspecified atom stereocenters.